The molecule has 1 aliphatic carbocycles. The van der Waals surface area contributed by atoms with E-state index in [4.69, 9.17) is 5.11 Å². The molecule has 0 heterocycles. The van der Waals surface area contributed by atoms with Gasteiger partial charge in [-0.3, -0.25) is 4.79 Å². The van der Waals surface area contributed by atoms with Gasteiger partial charge in [-0.1, -0.05) is 24.0 Å². The summed E-state index contributed by atoms with van der Waals surface area (Å²) in [6, 6.07) is 7.27. The van der Waals surface area contributed by atoms with Crippen molar-refractivity contribution in [2.75, 3.05) is 20.2 Å². The van der Waals surface area contributed by atoms with Gasteiger partial charge >= 0.3 is 0 Å². The van der Waals surface area contributed by atoms with Crippen molar-refractivity contribution < 1.29 is 15.0 Å². The van der Waals surface area contributed by atoms with Crippen molar-refractivity contribution in [1.82, 2.24) is 4.90 Å². The van der Waals surface area contributed by atoms with Gasteiger partial charge in [-0.2, -0.15) is 0 Å². The third kappa shape index (κ3) is 4.07. The first-order valence-electron chi connectivity index (χ1n) is 7.24. The summed E-state index contributed by atoms with van der Waals surface area (Å²) in [5.74, 6) is 6.13. The van der Waals surface area contributed by atoms with Crippen LogP contribution in [0.4, 0.5) is 0 Å². The Labute approximate surface area is 125 Å². The molecular weight excluding hydrogens is 266 g/mol. The molecule has 1 aromatic carbocycles. The van der Waals surface area contributed by atoms with Crippen LogP contribution in [-0.4, -0.2) is 47.3 Å². The molecule has 1 amide bonds. The maximum Gasteiger partial charge on any atom is 0.254 e. The Morgan fingerprint density at radius 2 is 2.10 bits per heavy atom. The van der Waals surface area contributed by atoms with Crippen molar-refractivity contribution >= 4 is 5.91 Å². The van der Waals surface area contributed by atoms with E-state index in [1.54, 1.807) is 18.0 Å². The molecule has 0 unspecified atom stereocenters. The Bertz CT molecular complexity index is 553. The van der Waals surface area contributed by atoms with Crippen LogP contribution in [0, 0.1) is 17.8 Å². The lowest BCUT2D eigenvalue weighted by Gasteiger charge is -2.34. The van der Waals surface area contributed by atoms with E-state index in [9.17, 15) is 9.90 Å². The van der Waals surface area contributed by atoms with Gasteiger partial charge in [-0.05, 0) is 30.9 Å². The Balaban J connectivity index is 2.06. The lowest BCUT2D eigenvalue weighted by molar-refractivity contribution is 0.0265. The summed E-state index contributed by atoms with van der Waals surface area (Å²) < 4.78 is 0. The van der Waals surface area contributed by atoms with Crippen molar-refractivity contribution in [3.8, 4) is 11.8 Å². The second-order valence-corrected chi connectivity index (χ2v) is 5.50. The van der Waals surface area contributed by atoms with E-state index in [2.05, 4.69) is 11.8 Å². The molecule has 0 aromatic heterocycles. The standard InChI is InChI=1S/C17H21NO3/c1-18(12-13-10-15(20)11-13)17(21)16-8-3-2-6-14(16)7-4-5-9-19/h2-3,6,8,13,15,19-20H,5,9-12H2,1H3. The van der Waals surface area contributed by atoms with E-state index < -0.39 is 0 Å². The highest BCUT2D eigenvalue weighted by Gasteiger charge is 2.29. The van der Waals surface area contributed by atoms with Gasteiger partial charge in [0.2, 0.25) is 0 Å². The summed E-state index contributed by atoms with van der Waals surface area (Å²) in [4.78, 5) is 14.2. The first-order valence-corrected chi connectivity index (χ1v) is 7.24. The van der Waals surface area contributed by atoms with Gasteiger partial charge in [0.1, 0.15) is 0 Å². The third-order valence-electron chi connectivity index (χ3n) is 3.71. The maximum absolute atomic E-state index is 12.5. The summed E-state index contributed by atoms with van der Waals surface area (Å²) in [6.45, 7) is 0.682. The number of hydrogen-bond donors (Lipinski definition) is 2. The Hall–Kier alpha value is -1.83. The zero-order valence-corrected chi connectivity index (χ0v) is 12.2. The van der Waals surface area contributed by atoms with Gasteiger partial charge in [0, 0.05) is 25.6 Å². The third-order valence-corrected chi connectivity index (χ3v) is 3.71. The largest absolute Gasteiger partial charge is 0.395 e. The van der Waals surface area contributed by atoms with Crippen LogP contribution in [0.5, 0.6) is 0 Å². The fraction of sp³-hybridized carbons (Fsp3) is 0.471. The van der Waals surface area contributed by atoms with Crippen LogP contribution >= 0.6 is 0 Å². The number of aliphatic hydroxyl groups excluding tert-OH is 2. The van der Waals surface area contributed by atoms with Crippen LogP contribution < -0.4 is 0 Å². The van der Waals surface area contributed by atoms with E-state index in [0.717, 1.165) is 12.8 Å². The smallest absolute Gasteiger partial charge is 0.254 e. The van der Waals surface area contributed by atoms with Crippen LogP contribution in [0.15, 0.2) is 24.3 Å². The predicted molar refractivity (Wildman–Crippen MR) is 80.7 cm³/mol. The molecule has 1 fully saturated rings. The number of benzene rings is 1. The van der Waals surface area contributed by atoms with Crippen molar-refractivity contribution in [2.45, 2.75) is 25.4 Å². The van der Waals surface area contributed by atoms with Gasteiger partial charge in [0.15, 0.2) is 0 Å². The topological polar surface area (TPSA) is 60.8 Å². The number of aliphatic hydroxyl groups is 2. The molecule has 4 nitrogen and oxygen atoms in total. The monoisotopic (exact) mass is 287 g/mol. The van der Waals surface area contributed by atoms with E-state index in [0.29, 0.717) is 30.0 Å². The molecule has 2 rings (SSSR count). The molecule has 4 heteroatoms. The molecule has 0 saturated heterocycles. The van der Waals surface area contributed by atoms with Gasteiger partial charge in [-0.25, -0.2) is 0 Å². The highest BCUT2D eigenvalue weighted by Crippen LogP contribution is 2.28. The fourth-order valence-electron chi connectivity index (χ4n) is 2.52. The first-order chi connectivity index (χ1) is 10.1. The molecule has 0 atom stereocenters. The van der Waals surface area contributed by atoms with E-state index in [-0.39, 0.29) is 18.6 Å². The summed E-state index contributed by atoms with van der Waals surface area (Å²) >= 11 is 0. The number of carbonyl (C=O) groups is 1. The van der Waals surface area contributed by atoms with Crippen LogP contribution in [0.2, 0.25) is 0 Å². The van der Waals surface area contributed by atoms with Crippen molar-refractivity contribution in [3.05, 3.63) is 35.4 Å². The molecule has 2 N–H and O–H groups in total. The summed E-state index contributed by atoms with van der Waals surface area (Å²) in [5, 5.41) is 18.1. The summed E-state index contributed by atoms with van der Waals surface area (Å²) in [7, 11) is 1.78. The van der Waals surface area contributed by atoms with Crippen molar-refractivity contribution in [2.24, 2.45) is 5.92 Å². The van der Waals surface area contributed by atoms with Crippen LogP contribution in [-0.2, 0) is 0 Å². The second kappa shape index (κ2) is 7.26. The summed E-state index contributed by atoms with van der Waals surface area (Å²) in [6.07, 6.45) is 1.75. The highest BCUT2D eigenvalue weighted by atomic mass is 16.3. The Kier molecular flexibility index (Phi) is 5.38. The van der Waals surface area contributed by atoms with Crippen molar-refractivity contribution in [3.63, 3.8) is 0 Å². The molecule has 0 radical (unpaired) electrons. The minimum atomic E-state index is -0.199. The van der Waals surface area contributed by atoms with Crippen LogP contribution in [0.25, 0.3) is 0 Å². The van der Waals surface area contributed by atoms with E-state index in [1.165, 1.54) is 0 Å². The molecule has 0 bridgehead atoms. The first kappa shape index (κ1) is 15.6. The van der Waals surface area contributed by atoms with Crippen LogP contribution in [0.3, 0.4) is 0 Å². The van der Waals surface area contributed by atoms with E-state index in [1.807, 2.05) is 18.2 Å². The van der Waals surface area contributed by atoms with Gasteiger partial charge in [-0.15, -0.1) is 0 Å². The quantitative estimate of drug-likeness (QED) is 0.820. The predicted octanol–water partition coefficient (Wildman–Crippen LogP) is 1.26. The van der Waals surface area contributed by atoms with Gasteiger partial charge < -0.3 is 15.1 Å². The second-order valence-electron chi connectivity index (χ2n) is 5.50. The molecule has 1 saturated carbocycles. The molecule has 0 aliphatic heterocycles. The van der Waals surface area contributed by atoms with Crippen LogP contribution in [0.1, 0.15) is 35.2 Å². The highest BCUT2D eigenvalue weighted by molar-refractivity contribution is 5.96. The normalized spacial score (nSPS) is 20.1. The zero-order valence-electron chi connectivity index (χ0n) is 12.2. The minimum absolute atomic E-state index is 0.0209. The number of rotatable bonds is 4. The fourth-order valence-corrected chi connectivity index (χ4v) is 2.52. The Morgan fingerprint density at radius 3 is 2.76 bits per heavy atom. The SMILES string of the molecule is CN(CC1CC(O)C1)C(=O)c1ccccc1C#CCCO. The molecule has 1 aliphatic rings. The number of amides is 1. The molecule has 0 spiro atoms. The number of nitrogens with zero attached hydrogens (tertiary/aromatic N) is 1. The molecular formula is C17H21NO3. The average molecular weight is 287 g/mol. The average Bonchev–Trinajstić information content (AvgIpc) is 2.45. The zero-order chi connectivity index (χ0) is 15.2. The van der Waals surface area contributed by atoms with Gasteiger partial charge in [0.25, 0.3) is 5.91 Å². The molecule has 112 valence electrons. The van der Waals surface area contributed by atoms with E-state index >= 15 is 0 Å². The molecule has 1 aromatic rings. The van der Waals surface area contributed by atoms with Crippen molar-refractivity contribution in [1.29, 1.82) is 0 Å². The Morgan fingerprint density at radius 1 is 1.38 bits per heavy atom. The minimum Gasteiger partial charge on any atom is -0.395 e. The summed E-state index contributed by atoms with van der Waals surface area (Å²) in [5.41, 5.74) is 1.28. The lowest BCUT2D eigenvalue weighted by Crippen LogP contribution is -2.39. The molecule has 21 heavy (non-hydrogen) atoms. The van der Waals surface area contributed by atoms with Gasteiger partial charge in [0.05, 0.1) is 18.3 Å². The lowest BCUT2D eigenvalue weighted by atomic mass is 9.82. The number of hydrogen-bond acceptors (Lipinski definition) is 3. The number of carbonyl (C=O) groups excluding carboxylic acids is 1. The maximum atomic E-state index is 12.5.